The molecule has 2 unspecified atom stereocenters. The minimum Gasteiger partial charge on any atom is -0.339 e. The average molecular weight is 417 g/mol. The lowest BCUT2D eigenvalue weighted by Crippen LogP contribution is -2.40. The van der Waals surface area contributed by atoms with Gasteiger partial charge >= 0.3 is 0 Å². The summed E-state index contributed by atoms with van der Waals surface area (Å²) in [5.74, 6) is 1.47. The molecule has 3 aromatic rings. The van der Waals surface area contributed by atoms with Crippen molar-refractivity contribution in [2.75, 3.05) is 6.54 Å². The monoisotopic (exact) mass is 416 g/mol. The second-order valence-corrected chi connectivity index (χ2v) is 8.01. The van der Waals surface area contributed by atoms with Crippen molar-refractivity contribution in [1.29, 1.82) is 0 Å². The number of aromatic nitrogens is 5. The van der Waals surface area contributed by atoms with E-state index in [1.54, 1.807) is 17.8 Å². The van der Waals surface area contributed by atoms with Crippen LogP contribution < -0.4 is 0 Å². The van der Waals surface area contributed by atoms with Crippen LogP contribution in [0, 0.1) is 11.7 Å². The number of hydrogen-bond donors (Lipinski definition) is 0. The Labute approximate surface area is 170 Å². The number of benzene rings is 1. The van der Waals surface area contributed by atoms with Crippen LogP contribution in [0.4, 0.5) is 4.39 Å². The zero-order valence-corrected chi connectivity index (χ0v) is 16.4. The molecule has 0 spiro atoms. The van der Waals surface area contributed by atoms with Crippen LogP contribution in [0.2, 0.25) is 5.02 Å². The Balaban J connectivity index is 1.28. The molecule has 1 saturated heterocycles. The third-order valence-electron chi connectivity index (χ3n) is 5.91. The van der Waals surface area contributed by atoms with Crippen molar-refractivity contribution in [3.63, 3.8) is 0 Å². The topological polar surface area (TPSA) is 89.9 Å². The Hall–Kier alpha value is -2.81. The summed E-state index contributed by atoms with van der Waals surface area (Å²) in [6.45, 7) is 0.666. The van der Waals surface area contributed by atoms with Crippen molar-refractivity contribution in [1.82, 2.24) is 29.8 Å². The molecule has 3 heterocycles. The fourth-order valence-corrected chi connectivity index (χ4v) is 4.53. The van der Waals surface area contributed by atoms with E-state index >= 15 is 0 Å². The van der Waals surface area contributed by atoms with E-state index in [0.29, 0.717) is 29.6 Å². The highest BCUT2D eigenvalue weighted by atomic mass is 35.5. The smallest absolute Gasteiger partial charge is 0.230 e. The van der Waals surface area contributed by atoms with Gasteiger partial charge in [0.2, 0.25) is 17.6 Å². The van der Waals surface area contributed by atoms with Gasteiger partial charge in [-0.1, -0.05) is 16.8 Å². The van der Waals surface area contributed by atoms with Crippen molar-refractivity contribution >= 4 is 17.5 Å². The number of aryl methyl sites for hydroxylation is 1. The van der Waals surface area contributed by atoms with Crippen LogP contribution in [-0.2, 0) is 18.3 Å². The molecule has 1 aliphatic carbocycles. The van der Waals surface area contributed by atoms with Gasteiger partial charge in [-0.05, 0) is 37.0 Å². The summed E-state index contributed by atoms with van der Waals surface area (Å²) in [4.78, 5) is 23.2. The minimum absolute atomic E-state index is 0.0525. The highest BCUT2D eigenvalue weighted by Crippen LogP contribution is 2.47. The van der Waals surface area contributed by atoms with E-state index < -0.39 is 5.82 Å². The molecular formula is C19H18ClFN6O2. The first-order valence-corrected chi connectivity index (χ1v) is 9.78. The van der Waals surface area contributed by atoms with Gasteiger partial charge in [-0.2, -0.15) is 10.1 Å². The van der Waals surface area contributed by atoms with Gasteiger partial charge in [0.05, 0.1) is 11.4 Å². The third kappa shape index (κ3) is 3.19. The number of likely N-dealkylation sites (tertiary alicyclic amines) is 1. The molecular weight excluding hydrogens is 399 g/mol. The van der Waals surface area contributed by atoms with E-state index in [1.165, 1.54) is 18.5 Å². The van der Waals surface area contributed by atoms with Crippen LogP contribution >= 0.6 is 11.6 Å². The van der Waals surface area contributed by atoms with Gasteiger partial charge in [-0.25, -0.2) is 9.37 Å². The van der Waals surface area contributed by atoms with Crippen LogP contribution in [0.3, 0.4) is 0 Å². The quantitative estimate of drug-likeness (QED) is 0.649. The van der Waals surface area contributed by atoms with Crippen molar-refractivity contribution in [2.45, 2.75) is 31.2 Å². The van der Waals surface area contributed by atoms with E-state index in [4.69, 9.17) is 16.1 Å². The lowest BCUT2D eigenvalue weighted by atomic mass is 9.94. The van der Waals surface area contributed by atoms with Crippen molar-refractivity contribution in [3.05, 3.63) is 47.1 Å². The molecule has 1 saturated carbocycles. The number of rotatable bonds is 4. The number of hydrogen-bond acceptors (Lipinski definition) is 6. The molecule has 3 atom stereocenters. The van der Waals surface area contributed by atoms with Crippen molar-refractivity contribution in [3.8, 4) is 11.4 Å². The molecule has 1 aliphatic heterocycles. The molecule has 0 N–H and O–H groups in total. The predicted molar refractivity (Wildman–Crippen MR) is 100 cm³/mol. The average Bonchev–Trinajstić information content (AvgIpc) is 3.48. The normalized spacial score (nSPS) is 23.1. The summed E-state index contributed by atoms with van der Waals surface area (Å²) < 4.78 is 20.8. The largest absolute Gasteiger partial charge is 0.339 e. The molecule has 10 heteroatoms. The Bertz CT molecular complexity index is 1080. The SMILES string of the molecule is Cn1ncnc1CC(=O)N1CC2CC1C[C@@H]2c1nc(-c2ccc(Cl)c(F)c2)no1. The van der Waals surface area contributed by atoms with Gasteiger partial charge in [0.15, 0.2) is 0 Å². The molecule has 2 bridgehead atoms. The Kier molecular flexibility index (Phi) is 4.34. The predicted octanol–water partition coefficient (Wildman–Crippen LogP) is 2.60. The molecule has 5 rings (SSSR count). The number of carbonyl (C=O) groups excluding carboxylic acids is 1. The molecule has 8 nitrogen and oxygen atoms in total. The van der Waals surface area contributed by atoms with Crippen molar-refractivity contribution in [2.24, 2.45) is 13.0 Å². The number of nitrogens with zero attached hydrogens (tertiary/aromatic N) is 6. The van der Waals surface area contributed by atoms with Crippen molar-refractivity contribution < 1.29 is 13.7 Å². The Morgan fingerprint density at radius 1 is 1.38 bits per heavy atom. The van der Waals surface area contributed by atoms with Gasteiger partial charge in [0.1, 0.15) is 18.0 Å². The zero-order valence-electron chi connectivity index (χ0n) is 15.6. The summed E-state index contributed by atoms with van der Waals surface area (Å²) in [5, 5.41) is 8.07. The van der Waals surface area contributed by atoms with Crippen LogP contribution in [0.5, 0.6) is 0 Å². The van der Waals surface area contributed by atoms with E-state index in [-0.39, 0.29) is 35.2 Å². The summed E-state index contributed by atoms with van der Waals surface area (Å²) in [5.41, 5.74) is 0.519. The van der Waals surface area contributed by atoms with Gasteiger partial charge in [0, 0.05) is 31.1 Å². The number of fused-ring (bicyclic) bond motifs is 2. The lowest BCUT2D eigenvalue weighted by molar-refractivity contribution is -0.132. The first-order valence-electron chi connectivity index (χ1n) is 9.41. The molecule has 0 radical (unpaired) electrons. The van der Waals surface area contributed by atoms with E-state index in [9.17, 15) is 9.18 Å². The number of halogens is 2. The Morgan fingerprint density at radius 3 is 2.93 bits per heavy atom. The molecule has 1 amide bonds. The van der Waals surface area contributed by atoms with Gasteiger partial charge in [0.25, 0.3) is 0 Å². The number of piperidine rings is 1. The fourth-order valence-electron chi connectivity index (χ4n) is 4.42. The summed E-state index contributed by atoms with van der Waals surface area (Å²) >= 11 is 5.73. The molecule has 150 valence electrons. The van der Waals surface area contributed by atoms with Gasteiger partial charge in [-0.15, -0.1) is 0 Å². The van der Waals surface area contributed by atoms with E-state index in [2.05, 4.69) is 20.2 Å². The molecule has 2 aliphatic rings. The highest BCUT2D eigenvalue weighted by molar-refractivity contribution is 6.30. The summed E-state index contributed by atoms with van der Waals surface area (Å²) in [6.07, 6.45) is 3.40. The number of amides is 1. The molecule has 1 aromatic carbocycles. The Morgan fingerprint density at radius 2 is 2.24 bits per heavy atom. The fraction of sp³-hybridized carbons (Fsp3) is 0.421. The van der Waals surface area contributed by atoms with Crippen LogP contribution in [0.25, 0.3) is 11.4 Å². The summed E-state index contributed by atoms with van der Waals surface area (Å²) in [6, 6.07) is 4.59. The van der Waals surface area contributed by atoms with Crippen LogP contribution in [-0.4, -0.2) is 48.3 Å². The maximum absolute atomic E-state index is 13.7. The molecule has 29 heavy (non-hydrogen) atoms. The first kappa shape index (κ1) is 18.2. The summed E-state index contributed by atoms with van der Waals surface area (Å²) in [7, 11) is 1.78. The standard InChI is InChI=1S/C19H18ClFN6O2/c1-26-16(22-9-23-26)7-17(28)27-8-11-4-12(27)6-13(11)19-24-18(25-29-19)10-2-3-14(20)15(21)5-10/h2-3,5,9,11-13H,4,6-8H2,1H3/t11?,12?,13-/m0/s1. The molecule has 2 fully saturated rings. The minimum atomic E-state index is -0.521. The van der Waals surface area contributed by atoms with E-state index in [0.717, 1.165) is 12.8 Å². The highest BCUT2D eigenvalue weighted by Gasteiger charge is 2.49. The van der Waals surface area contributed by atoms with E-state index in [1.807, 2.05) is 4.90 Å². The maximum atomic E-state index is 13.7. The maximum Gasteiger partial charge on any atom is 0.230 e. The zero-order chi connectivity index (χ0) is 20.1. The second-order valence-electron chi connectivity index (χ2n) is 7.60. The second kappa shape index (κ2) is 6.91. The lowest BCUT2D eigenvalue weighted by Gasteiger charge is -2.30. The molecule has 2 aromatic heterocycles. The van der Waals surface area contributed by atoms with Gasteiger partial charge < -0.3 is 9.42 Å². The first-order chi connectivity index (χ1) is 14.0. The van der Waals surface area contributed by atoms with Gasteiger partial charge in [-0.3, -0.25) is 9.48 Å². The number of carbonyl (C=O) groups is 1. The van der Waals surface area contributed by atoms with Crippen LogP contribution in [0.15, 0.2) is 29.0 Å². The van der Waals surface area contributed by atoms with Crippen LogP contribution in [0.1, 0.15) is 30.5 Å². The third-order valence-corrected chi connectivity index (χ3v) is 6.22.